The number of aromatic nitrogens is 3. The smallest absolute Gasteiger partial charge is 0.278 e. The van der Waals surface area contributed by atoms with Crippen molar-refractivity contribution in [2.24, 2.45) is 7.05 Å². The summed E-state index contributed by atoms with van der Waals surface area (Å²) in [6.45, 7) is 0.175. The monoisotopic (exact) mass is 434 g/mol. The van der Waals surface area contributed by atoms with Gasteiger partial charge in [-0.1, -0.05) is 42.1 Å². The fourth-order valence-electron chi connectivity index (χ4n) is 3.39. The van der Waals surface area contributed by atoms with Gasteiger partial charge in [-0.05, 0) is 17.7 Å². The van der Waals surface area contributed by atoms with Gasteiger partial charge in [0.1, 0.15) is 11.0 Å². The van der Waals surface area contributed by atoms with E-state index >= 15 is 0 Å². The lowest BCUT2D eigenvalue weighted by atomic mass is 10.1. The van der Waals surface area contributed by atoms with Crippen molar-refractivity contribution in [1.82, 2.24) is 14.5 Å². The first-order chi connectivity index (χ1) is 15.1. The second-order valence-corrected chi connectivity index (χ2v) is 7.90. The zero-order chi connectivity index (χ0) is 21.4. The van der Waals surface area contributed by atoms with E-state index in [-0.39, 0.29) is 24.0 Å². The number of hydrogen-bond acceptors (Lipinski definition) is 6. The number of fused-ring (bicyclic) bond motifs is 2. The molecule has 0 atom stereocenters. The fraction of sp³-hybridized carbons (Fsp3) is 0.136. The molecule has 4 aromatic rings. The molecule has 0 fully saturated rings. The molecule has 5 rings (SSSR count). The van der Waals surface area contributed by atoms with E-state index in [4.69, 9.17) is 9.47 Å². The second-order valence-electron chi connectivity index (χ2n) is 6.96. The highest BCUT2D eigenvalue weighted by Crippen LogP contribution is 2.34. The number of carbonyl (C=O) groups excluding carboxylic acids is 1. The number of amides is 1. The quantitative estimate of drug-likeness (QED) is 0.369. The van der Waals surface area contributed by atoms with Crippen LogP contribution in [-0.2, 0) is 11.8 Å². The van der Waals surface area contributed by atoms with Crippen LogP contribution >= 0.6 is 11.8 Å². The Labute approximate surface area is 181 Å². The highest BCUT2D eigenvalue weighted by atomic mass is 32.2. The number of ether oxygens (including phenoxy) is 2. The van der Waals surface area contributed by atoms with Crippen LogP contribution < -0.4 is 20.3 Å². The Hall–Kier alpha value is -3.72. The number of nitrogens with zero attached hydrogens (tertiary/aromatic N) is 2. The topological polar surface area (TPSA) is 98.2 Å². The molecule has 1 amide bonds. The summed E-state index contributed by atoms with van der Waals surface area (Å²) >= 11 is 1.21. The van der Waals surface area contributed by atoms with Crippen LogP contribution in [0.25, 0.3) is 22.2 Å². The summed E-state index contributed by atoms with van der Waals surface area (Å²) in [5, 5.41) is 3.30. The lowest BCUT2D eigenvalue weighted by molar-refractivity contribution is -0.113. The summed E-state index contributed by atoms with van der Waals surface area (Å²) in [5.41, 5.74) is 3.27. The first kappa shape index (κ1) is 19.3. The van der Waals surface area contributed by atoms with Crippen LogP contribution in [0.1, 0.15) is 0 Å². The SMILES string of the molecule is Cn1c(SCC(=O)Nc2ccc3c(c2)OCO3)nc2c(-c3ccccc3)c[nH]c2c1=O. The zero-order valence-electron chi connectivity index (χ0n) is 16.5. The molecule has 156 valence electrons. The van der Waals surface area contributed by atoms with Crippen molar-refractivity contribution in [3.63, 3.8) is 0 Å². The van der Waals surface area contributed by atoms with Crippen LogP contribution in [0.15, 0.2) is 64.7 Å². The van der Waals surface area contributed by atoms with Gasteiger partial charge in [-0.3, -0.25) is 14.2 Å². The Morgan fingerprint density at radius 1 is 1.19 bits per heavy atom. The number of hydrogen-bond donors (Lipinski definition) is 2. The third kappa shape index (κ3) is 3.64. The largest absolute Gasteiger partial charge is 0.454 e. The van der Waals surface area contributed by atoms with Crippen LogP contribution in [0.4, 0.5) is 5.69 Å². The third-order valence-corrected chi connectivity index (χ3v) is 5.97. The molecule has 0 saturated heterocycles. The molecule has 0 aliphatic carbocycles. The summed E-state index contributed by atoms with van der Waals surface area (Å²) in [4.78, 5) is 33.0. The highest BCUT2D eigenvalue weighted by Gasteiger charge is 2.17. The van der Waals surface area contributed by atoms with E-state index in [2.05, 4.69) is 15.3 Å². The molecule has 2 N–H and O–H groups in total. The van der Waals surface area contributed by atoms with Crippen molar-refractivity contribution in [3.8, 4) is 22.6 Å². The van der Waals surface area contributed by atoms with Crippen molar-refractivity contribution in [1.29, 1.82) is 0 Å². The summed E-state index contributed by atoms with van der Waals surface area (Å²) in [5.74, 6) is 1.14. The first-order valence-electron chi connectivity index (χ1n) is 9.56. The summed E-state index contributed by atoms with van der Waals surface area (Å²) in [7, 11) is 1.65. The van der Waals surface area contributed by atoms with E-state index in [1.54, 1.807) is 31.4 Å². The Kier molecular flexibility index (Phi) is 4.87. The predicted molar refractivity (Wildman–Crippen MR) is 119 cm³/mol. The van der Waals surface area contributed by atoms with Gasteiger partial charge in [-0.15, -0.1) is 0 Å². The van der Waals surface area contributed by atoms with Crippen LogP contribution in [0.3, 0.4) is 0 Å². The number of carbonyl (C=O) groups is 1. The molecule has 9 heteroatoms. The molecule has 1 aliphatic heterocycles. The maximum absolute atomic E-state index is 12.8. The second kappa shape index (κ2) is 7.84. The average molecular weight is 434 g/mol. The molecule has 0 saturated carbocycles. The first-order valence-corrected chi connectivity index (χ1v) is 10.5. The Bertz CT molecular complexity index is 1350. The highest BCUT2D eigenvalue weighted by molar-refractivity contribution is 7.99. The number of benzene rings is 2. The molecule has 0 unspecified atom stereocenters. The van der Waals surface area contributed by atoms with Gasteiger partial charge in [0.25, 0.3) is 5.56 Å². The van der Waals surface area contributed by atoms with E-state index in [0.717, 1.165) is 11.1 Å². The number of rotatable bonds is 5. The molecule has 3 heterocycles. The number of H-pyrrole nitrogens is 1. The number of thioether (sulfide) groups is 1. The summed E-state index contributed by atoms with van der Waals surface area (Å²) < 4.78 is 12.1. The van der Waals surface area contributed by atoms with Crippen molar-refractivity contribution >= 4 is 34.4 Å². The van der Waals surface area contributed by atoms with Crippen LogP contribution in [0.5, 0.6) is 11.5 Å². The van der Waals surface area contributed by atoms with E-state index in [1.807, 2.05) is 30.3 Å². The minimum absolute atomic E-state index is 0.103. The van der Waals surface area contributed by atoms with Gasteiger partial charge in [0.05, 0.1) is 5.75 Å². The third-order valence-electron chi connectivity index (χ3n) is 4.94. The van der Waals surface area contributed by atoms with Gasteiger partial charge < -0.3 is 19.8 Å². The van der Waals surface area contributed by atoms with Crippen LogP contribution in [-0.4, -0.2) is 33.0 Å². The maximum Gasteiger partial charge on any atom is 0.278 e. The van der Waals surface area contributed by atoms with Crippen LogP contribution in [0, 0.1) is 0 Å². The molecule has 0 spiro atoms. The molecular formula is C22H18N4O4S. The normalized spacial score (nSPS) is 12.3. The van der Waals surface area contributed by atoms with Gasteiger partial charge in [0, 0.05) is 30.6 Å². The fourth-order valence-corrected chi connectivity index (χ4v) is 4.15. The minimum Gasteiger partial charge on any atom is -0.454 e. The maximum atomic E-state index is 12.8. The lowest BCUT2D eigenvalue weighted by Crippen LogP contribution is -2.21. The Balaban J connectivity index is 1.37. The van der Waals surface area contributed by atoms with Crippen molar-refractivity contribution < 1.29 is 14.3 Å². The Morgan fingerprint density at radius 3 is 2.84 bits per heavy atom. The summed E-state index contributed by atoms with van der Waals surface area (Å²) in [6.07, 6.45) is 1.79. The van der Waals surface area contributed by atoms with Crippen molar-refractivity contribution in [2.75, 3.05) is 17.9 Å². The van der Waals surface area contributed by atoms with Crippen molar-refractivity contribution in [3.05, 3.63) is 65.1 Å². The Morgan fingerprint density at radius 2 is 2.00 bits per heavy atom. The van der Waals surface area contributed by atoms with Gasteiger partial charge >= 0.3 is 0 Å². The van der Waals surface area contributed by atoms with Gasteiger partial charge in [-0.2, -0.15) is 0 Å². The van der Waals surface area contributed by atoms with E-state index < -0.39 is 0 Å². The molecule has 0 radical (unpaired) electrons. The minimum atomic E-state index is -0.212. The molecule has 2 aromatic heterocycles. The molecule has 8 nitrogen and oxygen atoms in total. The number of aromatic amines is 1. The standard InChI is InChI=1S/C22H18N4O4S/c1-26-21(28)20-19(15(10-23-20)13-5-3-2-4-6-13)25-22(26)31-11-18(27)24-14-7-8-16-17(9-14)30-12-29-16/h2-10,23H,11-12H2,1H3,(H,24,27). The van der Waals surface area contributed by atoms with E-state index in [0.29, 0.717) is 33.4 Å². The van der Waals surface area contributed by atoms with Crippen molar-refractivity contribution in [2.45, 2.75) is 5.16 Å². The van der Waals surface area contributed by atoms with Gasteiger partial charge in [0.15, 0.2) is 16.7 Å². The van der Waals surface area contributed by atoms with Gasteiger partial charge in [-0.25, -0.2) is 4.98 Å². The van der Waals surface area contributed by atoms with E-state index in [9.17, 15) is 9.59 Å². The summed E-state index contributed by atoms with van der Waals surface area (Å²) in [6, 6.07) is 15.0. The van der Waals surface area contributed by atoms with Crippen LogP contribution in [0.2, 0.25) is 0 Å². The molecule has 2 aromatic carbocycles. The molecule has 31 heavy (non-hydrogen) atoms. The average Bonchev–Trinajstić information content (AvgIpc) is 3.42. The molecule has 0 bridgehead atoms. The molecule has 1 aliphatic rings. The van der Waals surface area contributed by atoms with E-state index in [1.165, 1.54) is 16.3 Å². The molecular weight excluding hydrogens is 416 g/mol. The zero-order valence-corrected chi connectivity index (χ0v) is 17.4. The predicted octanol–water partition coefficient (Wildman–Crippen LogP) is 3.39. The number of nitrogens with one attached hydrogen (secondary N) is 2. The van der Waals surface area contributed by atoms with Gasteiger partial charge in [0.2, 0.25) is 12.7 Å². The number of anilines is 1. The lowest BCUT2D eigenvalue weighted by Gasteiger charge is -2.09.